The summed E-state index contributed by atoms with van der Waals surface area (Å²) in [5.74, 6) is -0.654. The molecule has 0 spiro atoms. The molecule has 0 saturated heterocycles. The molecule has 23 heavy (non-hydrogen) atoms. The molecule has 0 rings (SSSR count). The van der Waals surface area contributed by atoms with Crippen molar-refractivity contribution in [1.82, 2.24) is 0 Å². The first-order valence-electron chi connectivity index (χ1n) is 10.1. The molecule has 0 radical (unpaired) electrons. The van der Waals surface area contributed by atoms with E-state index < -0.39 is 5.97 Å². The van der Waals surface area contributed by atoms with Gasteiger partial charge in [-0.1, -0.05) is 96.1 Å². The minimum atomic E-state index is -0.654. The van der Waals surface area contributed by atoms with Crippen molar-refractivity contribution in [3.05, 3.63) is 12.2 Å². The molecule has 2 nitrogen and oxygen atoms in total. The van der Waals surface area contributed by atoms with Gasteiger partial charge in [-0.05, 0) is 25.7 Å². The monoisotopic (exact) mass is 324 g/mol. The van der Waals surface area contributed by atoms with Crippen LogP contribution in [0.4, 0.5) is 0 Å². The van der Waals surface area contributed by atoms with Gasteiger partial charge in [0.15, 0.2) is 0 Å². The van der Waals surface area contributed by atoms with E-state index in [1.807, 2.05) is 0 Å². The first-order chi connectivity index (χ1) is 11.3. The van der Waals surface area contributed by atoms with Crippen molar-refractivity contribution in [3.63, 3.8) is 0 Å². The fraction of sp³-hybridized carbons (Fsp3) is 0.857. The zero-order valence-electron chi connectivity index (χ0n) is 15.5. The van der Waals surface area contributed by atoms with Crippen LogP contribution in [0.5, 0.6) is 0 Å². The number of carbonyl (C=O) groups is 1. The quantitative estimate of drug-likeness (QED) is 0.212. The Morgan fingerprint density at radius 3 is 1.43 bits per heavy atom. The second-order valence-corrected chi connectivity index (χ2v) is 6.76. The average molecular weight is 325 g/mol. The van der Waals surface area contributed by atoms with Crippen LogP contribution in [0, 0.1) is 0 Å². The molecule has 1 N–H and O–H groups in total. The normalized spacial score (nSPS) is 11.3. The SMILES string of the molecule is CCC=CCCCCCCCCCCCCCCCCC(=O)O. The van der Waals surface area contributed by atoms with Crippen molar-refractivity contribution >= 4 is 5.97 Å². The molecule has 0 aliphatic carbocycles. The number of carboxylic acid groups (broad SMARTS) is 1. The van der Waals surface area contributed by atoms with E-state index in [4.69, 9.17) is 5.11 Å². The Labute approximate surface area is 144 Å². The van der Waals surface area contributed by atoms with E-state index >= 15 is 0 Å². The highest BCUT2D eigenvalue weighted by atomic mass is 16.4. The standard InChI is InChI=1S/C21H40O2/c1-2-3-4-5-6-7-8-9-10-11-12-13-14-15-16-17-18-19-20-21(22)23/h3-4H,2,5-20H2,1H3,(H,22,23). The van der Waals surface area contributed by atoms with Crippen molar-refractivity contribution in [2.45, 2.75) is 116 Å². The number of hydrogen-bond acceptors (Lipinski definition) is 1. The minimum absolute atomic E-state index is 0.343. The van der Waals surface area contributed by atoms with Gasteiger partial charge >= 0.3 is 5.97 Å². The second kappa shape index (κ2) is 19.3. The van der Waals surface area contributed by atoms with E-state index in [0.29, 0.717) is 6.42 Å². The van der Waals surface area contributed by atoms with E-state index in [9.17, 15) is 4.79 Å². The van der Waals surface area contributed by atoms with E-state index in [-0.39, 0.29) is 0 Å². The van der Waals surface area contributed by atoms with E-state index in [1.54, 1.807) is 0 Å². The predicted octanol–water partition coefficient (Wildman–Crippen LogP) is 7.28. The van der Waals surface area contributed by atoms with Crippen molar-refractivity contribution < 1.29 is 9.90 Å². The van der Waals surface area contributed by atoms with Crippen LogP contribution in [0.1, 0.15) is 116 Å². The summed E-state index contributed by atoms with van der Waals surface area (Å²) in [7, 11) is 0. The molecular formula is C21H40O2. The molecule has 2 heteroatoms. The summed E-state index contributed by atoms with van der Waals surface area (Å²) in [5, 5.41) is 8.55. The Balaban J connectivity index is 3.00. The van der Waals surface area contributed by atoms with Gasteiger partial charge in [-0.25, -0.2) is 0 Å². The van der Waals surface area contributed by atoms with E-state index in [0.717, 1.165) is 12.8 Å². The minimum Gasteiger partial charge on any atom is -0.481 e. The fourth-order valence-corrected chi connectivity index (χ4v) is 2.94. The molecule has 0 aliphatic heterocycles. The third kappa shape index (κ3) is 21.2. The molecule has 0 fully saturated rings. The Morgan fingerprint density at radius 1 is 0.652 bits per heavy atom. The van der Waals surface area contributed by atoms with Crippen molar-refractivity contribution in [2.24, 2.45) is 0 Å². The van der Waals surface area contributed by atoms with Crippen LogP contribution in [0.2, 0.25) is 0 Å². The number of hydrogen-bond donors (Lipinski definition) is 1. The number of unbranched alkanes of at least 4 members (excludes halogenated alkanes) is 14. The first kappa shape index (κ1) is 22.2. The van der Waals surface area contributed by atoms with Crippen LogP contribution in [0.25, 0.3) is 0 Å². The fourth-order valence-electron chi connectivity index (χ4n) is 2.94. The Morgan fingerprint density at radius 2 is 1.04 bits per heavy atom. The lowest BCUT2D eigenvalue weighted by Crippen LogP contribution is -1.93. The highest BCUT2D eigenvalue weighted by molar-refractivity contribution is 5.66. The molecule has 0 amide bonds. The lowest BCUT2D eigenvalue weighted by molar-refractivity contribution is -0.137. The molecule has 136 valence electrons. The van der Waals surface area contributed by atoms with E-state index in [1.165, 1.54) is 89.9 Å². The predicted molar refractivity (Wildman–Crippen MR) is 101 cm³/mol. The largest absolute Gasteiger partial charge is 0.481 e. The number of aliphatic carboxylic acids is 1. The van der Waals surface area contributed by atoms with E-state index in [2.05, 4.69) is 19.1 Å². The molecule has 0 aromatic carbocycles. The zero-order valence-corrected chi connectivity index (χ0v) is 15.5. The third-order valence-corrected chi connectivity index (χ3v) is 4.41. The van der Waals surface area contributed by atoms with Crippen molar-refractivity contribution in [3.8, 4) is 0 Å². The summed E-state index contributed by atoms with van der Waals surface area (Å²) >= 11 is 0. The van der Waals surface area contributed by atoms with Gasteiger partial charge in [0.1, 0.15) is 0 Å². The third-order valence-electron chi connectivity index (χ3n) is 4.41. The molecule has 0 unspecified atom stereocenters. The van der Waals surface area contributed by atoms with Crippen molar-refractivity contribution in [1.29, 1.82) is 0 Å². The highest BCUT2D eigenvalue weighted by Crippen LogP contribution is 2.13. The van der Waals surface area contributed by atoms with Crippen molar-refractivity contribution in [2.75, 3.05) is 0 Å². The highest BCUT2D eigenvalue weighted by Gasteiger charge is 1.97. The van der Waals surface area contributed by atoms with Crippen LogP contribution in [0.3, 0.4) is 0 Å². The Kier molecular flexibility index (Phi) is 18.6. The maximum atomic E-state index is 10.4. The molecule has 0 aromatic heterocycles. The first-order valence-corrected chi connectivity index (χ1v) is 10.1. The summed E-state index contributed by atoms with van der Waals surface area (Å²) in [6.07, 6.45) is 25.7. The Bertz CT molecular complexity index is 271. The molecular weight excluding hydrogens is 284 g/mol. The molecule has 0 saturated carbocycles. The van der Waals surface area contributed by atoms with Crippen LogP contribution >= 0.6 is 0 Å². The van der Waals surface area contributed by atoms with Gasteiger partial charge in [0, 0.05) is 6.42 Å². The van der Waals surface area contributed by atoms with Gasteiger partial charge in [0.25, 0.3) is 0 Å². The zero-order chi connectivity index (χ0) is 17.0. The Hall–Kier alpha value is -0.790. The maximum Gasteiger partial charge on any atom is 0.303 e. The molecule has 0 aromatic rings. The molecule has 0 aliphatic rings. The van der Waals surface area contributed by atoms with Crippen LogP contribution in [0.15, 0.2) is 12.2 Å². The number of rotatable bonds is 18. The lowest BCUT2D eigenvalue weighted by atomic mass is 10.0. The maximum absolute atomic E-state index is 10.4. The van der Waals surface area contributed by atoms with Gasteiger partial charge < -0.3 is 5.11 Å². The summed E-state index contributed by atoms with van der Waals surface area (Å²) in [6, 6.07) is 0. The van der Waals surface area contributed by atoms with Gasteiger partial charge in [0.2, 0.25) is 0 Å². The molecule has 0 atom stereocenters. The van der Waals surface area contributed by atoms with Gasteiger partial charge in [-0.15, -0.1) is 0 Å². The van der Waals surface area contributed by atoms with Crippen LogP contribution in [-0.4, -0.2) is 11.1 Å². The summed E-state index contributed by atoms with van der Waals surface area (Å²) in [6.45, 7) is 2.19. The lowest BCUT2D eigenvalue weighted by Gasteiger charge is -2.03. The van der Waals surface area contributed by atoms with Gasteiger partial charge in [0.05, 0.1) is 0 Å². The average Bonchev–Trinajstić information content (AvgIpc) is 2.53. The summed E-state index contributed by atoms with van der Waals surface area (Å²) < 4.78 is 0. The van der Waals surface area contributed by atoms with Gasteiger partial charge in [-0.2, -0.15) is 0 Å². The second-order valence-electron chi connectivity index (χ2n) is 6.76. The number of carboxylic acids is 1. The molecule has 0 heterocycles. The molecule has 0 bridgehead atoms. The van der Waals surface area contributed by atoms with Gasteiger partial charge in [-0.3, -0.25) is 4.79 Å². The summed E-state index contributed by atoms with van der Waals surface area (Å²) in [5.41, 5.74) is 0. The van der Waals surface area contributed by atoms with Crippen LogP contribution in [-0.2, 0) is 4.79 Å². The van der Waals surface area contributed by atoms with Crippen LogP contribution < -0.4 is 0 Å². The smallest absolute Gasteiger partial charge is 0.303 e. The summed E-state index contributed by atoms with van der Waals surface area (Å²) in [4.78, 5) is 10.4. The number of allylic oxidation sites excluding steroid dienone is 2. The topological polar surface area (TPSA) is 37.3 Å².